The average molecular weight is 307 g/mol. The summed E-state index contributed by atoms with van der Waals surface area (Å²) in [4.78, 5) is 40.3. The smallest absolute Gasteiger partial charge is 0.243 e. The Balaban J connectivity index is 2.13. The number of carboxylic acid groups (broad SMARTS) is 1. The van der Waals surface area contributed by atoms with Crippen molar-refractivity contribution in [2.75, 3.05) is 6.54 Å². The van der Waals surface area contributed by atoms with Crippen molar-refractivity contribution in [3.8, 4) is 0 Å². The summed E-state index contributed by atoms with van der Waals surface area (Å²) in [5, 5.41) is 10.6. The number of imide groups is 1. The van der Waals surface area contributed by atoms with Gasteiger partial charge in [0, 0.05) is 24.7 Å². The molecule has 2 rings (SSSR count). The number of rotatable bonds is 6. The number of unbranched alkanes of at least 4 members (excludes halogenated alkanes) is 1. The summed E-state index contributed by atoms with van der Waals surface area (Å²) < 4.78 is 0. The number of pyridine rings is 1. The van der Waals surface area contributed by atoms with Crippen molar-refractivity contribution in [3.05, 3.63) is 23.9 Å². The van der Waals surface area contributed by atoms with E-state index in [1.807, 2.05) is 6.92 Å². The van der Waals surface area contributed by atoms with Crippen molar-refractivity contribution >= 4 is 29.5 Å². The fourth-order valence-corrected chi connectivity index (χ4v) is 3.19. The Kier molecular flexibility index (Phi) is 4.95. The van der Waals surface area contributed by atoms with E-state index in [0.717, 1.165) is 24.6 Å². The minimum absolute atomic E-state index is 0.0604. The Hall–Kier alpha value is -1.89. The first kappa shape index (κ1) is 15.5. The molecule has 112 valence electrons. The number of hydrogen-bond donors (Lipinski definition) is 0. The van der Waals surface area contributed by atoms with Gasteiger partial charge < -0.3 is 9.90 Å². The van der Waals surface area contributed by atoms with Crippen LogP contribution >= 0.6 is 11.8 Å². The zero-order valence-corrected chi connectivity index (χ0v) is 12.4. The highest BCUT2D eigenvalue weighted by atomic mass is 32.2. The van der Waals surface area contributed by atoms with Crippen LogP contribution in [0.4, 0.5) is 0 Å². The summed E-state index contributed by atoms with van der Waals surface area (Å²) in [6.07, 6.45) is 3.19. The number of thioether (sulfide) groups is 1. The minimum Gasteiger partial charge on any atom is -0.545 e. The zero-order valence-electron chi connectivity index (χ0n) is 11.6. The minimum atomic E-state index is -1.34. The van der Waals surface area contributed by atoms with Crippen molar-refractivity contribution in [1.82, 2.24) is 9.88 Å². The van der Waals surface area contributed by atoms with Gasteiger partial charge in [-0.2, -0.15) is 0 Å². The highest BCUT2D eigenvalue weighted by Gasteiger charge is 2.39. The van der Waals surface area contributed by atoms with Crippen LogP contribution in [-0.4, -0.2) is 39.5 Å². The van der Waals surface area contributed by atoms with E-state index < -0.39 is 11.2 Å². The molecule has 1 atom stereocenters. The van der Waals surface area contributed by atoms with Crippen molar-refractivity contribution in [3.63, 3.8) is 0 Å². The van der Waals surface area contributed by atoms with E-state index >= 15 is 0 Å². The molecule has 0 bridgehead atoms. The highest BCUT2D eigenvalue weighted by Crippen LogP contribution is 2.32. The molecule has 0 spiro atoms. The third kappa shape index (κ3) is 3.41. The molecule has 1 saturated heterocycles. The number of likely N-dealkylation sites (tertiary alicyclic amines) is 1. The maximum Gasteiger partial charge on any atom is 0.243 e. The van der Waals surface area contributed by atoms with Gasteiger partial charge in [-0.3, -0.25) is 14.5 Å². The van der Waals surface area contributed by atoms with Crippen LogP contribution in [0.1, 0.15) is 36.5 Å². The molecule has 1 aromatic heterocycles. The lowest BCUT2D eigenvalue weighted by molar-refractivity contribution is -0.255. The van der Waals surface area contributed by atoms with Crippen LogP contribution in [0, 0.1) is 0 Å². The molecule has 0 N–H and O–H groups in total. The van der Waals surface area contributed by atoms with Gasteiger partial charge in [0.15, 0.2) is 0 Å². The third-order valence-electron chi connectivity index (χ3n) is 3.18. The number of amides is 2. The van der Waals surface area contributed by atoms with Crippen LogP contribution < -0.4 is 5.11 Å². The predicted octanol–water partition coefficient (Wildman–Crippen LogP) is 0.465. The van der Waals surface area contributed by atoms with E-state index in [1.54, 1.807) is 0 Å². The summed E-state index contributed by atoms with van der Waals surface area (Å²) in [7, 11) is 0. The van der Waals surface area contributed by atoms with Crippen molar-refractivity contribution < 1.29 is 19.5 Å². The monoisotopic (exact) mass is 307 g/mol. The van der Waals surface area contributed by atoms with Gasteiger partial charge in [0.2, 0.25) is 11.8 Å². The summed E-state index contributed by atoms with van der Waals surface area (Å²) in [6.45, 7) is 2.40. The van der Waals surface area contributed by atoms with Gasteiger partial charge in [-0.25, -0.2) is 4.98 Å². The fourth-order valence-electron chi connectivity index (χ4n) is 2.07. The van der Waals surface area contributed by atoms with Crippen molar-refractivity contribution in [2.24, 2.45) is 0 Å². The topological polar surface area (TPSA) is 90.4 Å². The molecule has 21 heavy (non-hydrogen) atoms. The number of aromatic nitrogens is 1. The van der Waals surface area contributed by atoms with Crippen LogP contribution in [0.15, 0.2) is 23.4 Å². The van der Waals surface area contributed by atoms with Gasteiger partial charge in [0.25, 0.3) is 0 Å². The molecule has 7 heteroatoms. The van der Waals surface area contributed by atoms with E-state index in [-0.39, 0.29) is 28.8 Å². The van der Waals surface area contributed by atoms with E-state index in [2.05, 4.69) is 4.98 Å². The number of aromatic carboxylic acids is 1. The average Bonchev–Trinajstić information content (AvgIpc) is 2.72. The normalized spacial score (nSPS) is 18.3. The first-order valence-corrected chi connectivity index (χ1v) is 7.59. The second-order valence-corrected chi connectivity index (χ2v) is 5.88. The van der Waals surface area contributed by atoms with Crippen molar-refractivity contribution in [1.29, 1.82) is 0 Å². The van der Waals surface area contributed by atoms with Gasteiger partial charge in [-0.05, 0) is 18.6 Å². The Labute approximate surface area is 126 Å². The molecule has 1 aromatic rings. The molecule has 6 nitrogen and oxygen atoms in total. The van der Waals surface area contributed by atoms with Crippen LogP contribution in [0.25, 0.3) is 0 Å². The number of carbonyl (C=O) groups excluding carboxylic acids is 3. The van der Waals surface area contributed by atoms with Crippen LogP contribution in [0.3, 0.4) is 0 Å². The van der Waals surface area contributed by atoms with E-state index in [9.17, 15) is 19.5 Å². The molecule has 0 radical (unpaired) electrons. The molecule has 0 unspecified atom stereocenters. The molecule has 1 aliphatic rings. The maximum absolute atomic E-state index is 12.2. The van der Waals surface area contributed by atoms with E-state index in [0.29, 0.717) is 6.54 Å². The van der Waals surface area contributed by atoms with E-state index in [1.165, 1.54) is 23.2 Å². The molecule has 1 aliphatic heterocycles. The fraction of sp³-hybridized carbons (Fsp3) is 0.429. The van der Waals surface area contributed by atoms with Gasteiger partial charge in [0.1, 0.15) is 5.03 Å². The molecule has 1 fully saturated rings. The molecular formula is C14H15N2O4S-. The zero-order chi connectivity index (χ0) is 15.4. The SMILES string of the molecule is CCCCN1C(=O)C[C@H](Sc2ncccc2C(=O)[O-])C1=O. The van der Waals surface area contributed by atoms with Gasteiger partial charge in [-0.1, -0.05) is 25.1 Å². The lowest BCUT2D eigenvalue weighted by atomic mass is 10.3. The Morgan fingerprint density at radius 1 is 1.52 bits per heavy atom. The molecule has 0 saturated carbocycles. The van der Waals surface area contributed by atoms with E-state index in [4.69, 9.17) is 0 Å². The number of carboxylic acids is 1. The Morgan fingerprint density at radius 3 is 2.95 bits per heavy atom. The van der Waals surface area contributed by atoms with Crippen LogP contribution in [0.2, 0.25) is 0 Å². The van der Waals surface area contributed by atoms with Gasteiger partial charge in [0.05, 0.1) is 11.2 Å². The van der Waals surface area contributed by atoms with Gasteiger partial charge in [-0.15, -0.1) is 0 Å². The molecule has 0 aliphatic carbocycles. The highest BCUT2D eigenvalue weighted by molar-refractivity contribution is 8.00. The maximum atomic E-state index is 12.2. The summed E-state index contributed by atoms with van der Waals surface area (Å²) >= 11 is 1.01. The Morgan fingerprint density at radius 2 is 2.29 bits per heavy atom. The molecular weight excluding hydrogens is 292 g/mol. The standard InChI is InChI=1S/C14H16N2O4S/c1-2-3-7-16-11(17)8-10(13(16)18)21-12-9(14(19)20)5-4-6-15-12/h4-6,10H,2-3,7-8H2,1H3,(H,19,20)/p-1/t10-/m0/s1. The first-order valence-electron chi connectivity index (χ1n) is 6.71. The molecule has 2 heterocycles. The molecule has 2 amide bonds. The first-order chi connectivity index (χ1) is 10.0. The molecule has 0 aromatic carbocycles. The second-order valence-electron chi connectivity index (χ2n) is 4.69. The second kappa shape index (κ2) is 6.71. The number of nitrogens with zero attached hydrogens (tertiary/aromatic N) is 2. The number of carbonyl (C=O) groups is 3. The lowest BCUT2D eigenvalue weighted by Crippen LogP contribution is -2.32. The summed E-state index contributed by atoms with van der Waals surface area (Å²) in [5.74, 6) is -1.82. The van der Waals surface area contributed by atoms with Crippen LogP contribution in [0.5, 0.6) is 0 Å². The van der Waals surface area contributed by atoms with Crippen LogP contribution in [-0.2, 0) is 9.59 Å². The summed E-state index contributed by atoms with van der Waals surface area (Å²) in [5.41, 5.74) is -0.0604. The Bertz CT molecular complexity index is 576. The quantitative estimate of drug-likeness (QED) is 0.709. The predicted molar refractivity (Wildman–Crippen MR) is 74.5 cm³/mol. The number of hydrogen-bond acceptors (Lipinski definition) is 6. The summed E-state index contributed by atoms with van der Waals surface area (Å²) in [6, 6.07) is 2.87. The largest absolute Gasteiger partial charge is 0.545 e. The van der Waals surface area contributed by atoms with Gasteiger partial charge >= 0.3 is 0 Å². The third-order valence-corrected chi connectivity index (χ3v) is 4.38. The lowest BCUT2D eigenvalue weighted by Gasteiger charge is -2.14. The van der Waals surface area contributed by atoms with Crippen molar-refractivity contribution in [2.45, 2.75) is 36.5 Å².